The Bertz CT molecular complexity index is 1040. The third-order valence-electron chi connectivity index (χ3n) is 6.18. The molecule has 1 amide bonds. The molecule has 0 radical (unpaired) electrons. The van der Waals surface area contributed by atoms with Crippen molar-refractivity contribution in [2.45, 2.75) is 51.7 Å². The lowest BCUT2D eigenvalue weighted by molar-refractivity contribution is 0.0951. The van der Waals surface area contributed by atoms with Crippen molar-refractivity contribution in [3.63, 3.8) is 0 Å². The van der Waals surface area contributed by atoms with Crippen LogP contribution >= 0.6 is 0 Å². The molecule has 2 aromatic rings. The van der Waals surface area contributed by atoms with Crippen molar-refractivity contribution in [2.24, 2.45) is 0 Å². The quantitative estimate of drug-likeness (QED) is 0.747. The molecule has 2 aromatic carbocycles. The smallest absolute Gasteiger partial charge is 0.251 e. The number of carbonyl (C=O) groups is 1. The molecule has 0 bridgehead atoms. The Kier molecular flexibility index (Phi) is 6.34. The highest BCUT2D eigenvalue weighted by Crippen LogP contribution is 2.34. The number of likely N-dealkylation sites (tertiary alicyclic amines) is 1. The van der Waals surface area contributed by atoms with E-state index in [2.05, 4.69) is 34.5 Å². The molecule has 1 N–H and O–H groups in total. The molecule has 0 aliphatic carbocycles. The summed E-state index contributed by atoms with van der Waals surface area (Å²) in [6.07, 6.45) is 5.75. The molecule has 1 saturated heterocycles. The number of hydrogen-bond acceptors (Lipinski definition) is 4. The van der Waals surface area contributed by atoms with E-state index in [-0.39, 0.29) is 11.9 Å². The molecule has 31 heavy (non-hydrogen) atoms. The van der Waals surface area contributed by atoms with E-state index in [1.807, 2.05) is 13.0 Å². The van der Waals surface area contributed by atoms with Gasteiger partial charge in [0.15, 0.2) is 0 Å². The van der Waals surface area contributed by atoms with Crippen LogP contribution in [0.2, 0.25) is 0 Å². The Morgan fingerprint density at radius 2 is 1.71 bits per heavy atom. The minimum absolute atomic E-state index is 0.133. The maximum Gasteiger partial charge on any atom is 0.251 e. The van der Waals surface area contributed by atoms with Crippen LogP contribution in [0.5, 0.6) is 0 Å². The molecule has 2 heterocycles. The number of hydrogen-bond donors (Lipinski definition) is 1. The lowest BCUT2D eigenvalue weighted by Gasteiger charge is -2.26. The molecule has 6 nitrogen and oxygen atoms in total. The standard InChI is InChI=1S/C24H31N3O3S/c1-18-14-22-15-21(10-11-23(22)27(18)31(2,29)30)24(28)25-16-19-6-8-20(9-7-19)17-26-12-4-3-5-13-26/h6-11,15,18H,3-5,12-14,16-17H2,1-2H3,(H,25,28)/t18-/m1/s1. The topological polar surface area (TPSA) is 69.7 Å². The van der Waals surface area contributed by atoms with Gasteiger partial charge in [0.05, 0.1) is 11.9 Å². The third-order valence-corrected chi connectivity index (χ3v) is 7.45. The van der Waals surface area contributed by atoms with E-state index in [1.54, 1.807) is 12.1 Å². The second-order valence-corrected chi connectivity index (χ2v) is 10.7. The fourth-order valence-electron chi connectivity index (χ4n) is 4.67. The van der Waals surface area contributed by atoms with Gasteiger partial charge in [-0.1, -0.05) is 30.7 Å². The van der Waals surface area contributed by atoms with Gasteiger partial charge in [0.2, 0.25) is 10.0 Å². The predicted octanol–water partition coefficient (Wildman–Crippen LogP) is 3.31. The van der Waals surface area contributed by atoms with E-state index < -0.39 is 10.0 Å². The normalized spacial score (nSPS) is 19.3. The Balaban J connectivity index is 1.35. The summed E-state index contributed by atoms with van der Waals surface area (Å²) < 4.78 is 25.6. The first-order chi connectivity index (χ1) is 14.8. The summed E-state index contributed by atoms with van der Waals surface area (Å²) in [5.41, 5.74) is 4.50. The van der Waals surface area contributed by atoms with Crippen LogP contribution in [0.15, 0.2) is 42.5 Å². The molecule has 0 saturated carbocycles. The SMILES string of the molecule is C[C@@H]1Cc2cc(C(=O)NCc3ccc(CN4CCCCC4)cc3)ccc2N1S(C)(=O)=O. The molecular formula is C24H31N3O3S. The van der Waals surface area contributed by atoms with E-state index in [0.29, 0.717) is 24.2 Å². The average molecular weight is 442 g/mol. The van der Waals surface area contributed by atoms with Gasteiger partial charge in [-0.15, -0.1) is 0 Å². The number of rotatable bonds is 6. The average Bonchev–Trinajstić information content (AvgIpc) is 3.09. The summed E-state index contributed by atoms with van der Waals surface area (Å²) in [7, 11) is -3.33. The van der Waals surface area contributed by atoms with Crippen molar-refractivity contribution >= 4 is 21.6 Å². The number of fused-ring (bicyclic) bond motifs is 1. The van der Waals surface area contributed by atoms with Crippen LogP contribution in [0.1, 0.15) is 53.2 Å². The first-order valence-electron chi connectivity index (χ1n) is 11.0. The molecule has 0 spiro atoms. The van der Waals surface area contributed by atoms with Gasteiger partial charge >= 0.3 is 0 Å². The monoisotopic (exact) mass is 441 g/mol. The summed E-state index contributed by atoms with van der Waals surface area (Å²) >= 11 is 0. The lowest BCUT2D eigenvalue weighted by Crippen LogP contribution is -2.34. The van der Waals surface area contributed by atoms with Crippen molar-refractivity contribution in [2.75, 3.05) is 23.7 Å². The van der Waals surface area contributed by atoms with Crippen molar-refractivity contribution in [1.82, 2.24) is 10.2 Å². The van der Waals surface area contributed by atoms with Gasteiger partial charge in [-0.3, -0.25) is 14.0 Å². The van der Waals surface area contributed by atoms with E-state index >= 15 is 0 Å². The minimum Gasteiger partial charge on any atom is -0.348 e. The van der Waals surface area contributed by atoms with Crippen LogP contribution < -0.4 is 9.62 Å². The van der Waals surface area contributed by atoms with E-state index in [4.69, 9.17) is 0 Å². The Morgan fingerprint density at radius 3 is 2.39 bits per heavy atom. The van der Waals surface area contributed by atoms with Crippen molar-refractivity contribution in [3.8, 4) is 0 Å². The van der Waals surface area contributed by atoms with Crippen molar-refractivity contribution in [3.05, 3.63) is 64.7 Å². The Morgan fingerprint density at radius 1 is 1.03 bits per heavy atom. The maximum absolute atomic E-state index is 12.7. The van der Waals surface area contributed by atoms with Gasteiger partial charge in [0.1, 0.15) is 0 Å². The molecule has 2 aliphatic rings. The second-order valence-electron chi connectivity index (χ2n) is 8.79. The number of nitrogens with one attached hydrogen (secondary N) is 1. The molecule has 2 aliphatic heterocycles. The molecule has 1 fully saturated rings. The first kappa shape index (κ1) is 21.8. The van der Waals surface area contributed by atoms with Gasteiger partial charge in [-0.25, -0.2) is 8.42 Å². The van der Waals surface area contributed by atoms with Gasteiger partial charge in [0.25, 0.3) is 5.91 Å². The lowest BCUT2D eigenvalue weighted by atomic mass is 10.1. The zero-order valence-electron chi connectivity index (χ0n) is 18.3. The van der Waals surface area contributed by atoms with Gasteiger partial charge in [-0.2, -0.15) is 0 Å². The fraction of sp³-hybridized carbons (Fsp3) is 0.458. The number of benzene rings is 2. The summed E-state index contributed by atoms with van der Waals surface area (Å²) in [5, 5.41) is 2.98. The molecule has 0 unspecified atom stereocenters. The van der Waals surface area contributed by atoms with Crippen LogP contribution in [-0.4, -0.2) is 44.6 Å². The molecule has 0 aromatic heterocycles. The first-order valence-corrected chi connectivity index (χ1v) is 12.9. The van der Waals surface area contributed by atoms with Gasteiger partial charge in [-0.05, 0) is 74.2 Å². The summed E-state index contributed by atoms with van der Waals surface area (Å²) in [6.45, 7) is 5.70. The molecule has 166 valence electrons. The number of piperidine rings is 1. The number of nitrogens with zero attached hydrogens (tertiary/aromatic N) is 2. The summed E-state index contributed by atoms with van der Waals surface area (Å²) in [4.78, 5) is 15.2. The molecule has 7 heteroatoms. The zero-order valence-corrected chi connectivity index (χ0v) is 19.1. The third kappa shape index (κ3) is 5.10. The highest BCUT2D eigenvalue weighted by atomic mass is 32.2. The number of anilines is 1. The largest absolute Gasteiger partial charge is 0.348 e. The van der Waals surface area contributed by atoms with Crippen LogP contribution in [0.3, 0.4) is 0 Å². The predicted molar refractivity (Wildman–Crippen MR) is 124 cm³/mol. The second kappa shape index (κ2) is 9.01. The Hall–Kier alpha value is -2.38. The summed E-state index contributed by atoms with van der Waals surface area (Å²) in [5.74, 6) is -0.148. The number of carbonyl (C=O) groups excluding carboxylic acids is 1. The van der Waals surface area contributed by atoms with E-state index in [1.165, 1.54) is 48.5 Å². The van der Waals surface area contributed by atoms with Crippen LogP contribution in [0, 0.1) is 0 Å². The highest BCUT2D eigenvalue weighted by molar-refractivity contribution is 7.92. The summed E-state index contributed by atoms with van der Waals surface area (Å²) in [6, 6.07) is 13.6. The van der Waals surface area contributed by atoms with Crippen molar-refractivity contribution < 1.29 is 13.2 Å². The minimum atomic E-state index is -3.33. The molecule has 4 rings (SSSR count). The molecule has 1 atom stereocenters. The highest BCUT2D eigenvalue weighted by Gasteiger charge is 2.32. The van der Waals surface area contributed by atoms with Crippen LogP contribution in [-0.2, 0) is 29.5 Å². The zero-order chi connectivity index (χ0) is 22.0. The van der Waals surface area contributed by atoms with Crippen molar-refractivity contribution in [1.29, 1.82) is 0 Å². The Labute approximate surface area is 185 Å². The van der Waals surface area contributed by atoms with E-state index in [9.17, 15) is 13.2 Å². The number of sulfonamides is 1. The fourth-order valence-corrected chi connectivity index (χ4v) is 5.94. The molecular weight excluding hydrogens is 410 g/mol. The number of amides is 1. The van der Waals surface area contributed by atoms with Gasteiger partial charge in [0, 0.05) is 24.7 Å². The van der Waals surface area contributed by atoms with Crippen LogP contribution in [0.25, 0.3) is 0 Å². The van der Waals surface area contributed by atoms with Crippen LogP contribution in [0.4, 0.5) is 5.69 Å². The van der Waals surface area contributed by atoms with Gasteiger partial charge < -0.3 is 5.32 Å². The van der Waals surface area contributed by atoms with E-state index in [0.717, 1.165) is 17.7 Å². The maximum atomic E-state index is 12.7.